The molecule has 108 valence electrons. The molecule has 0 saturated carbocycles. The molecule has 6 nitrogen and oxygen atoms in total. The maximum absolute atomic E-state index is 11.4. The summed E-state index contributed by atoms with van der Waals surface area (Å²) in [4.78, 5) is 21.7. The van der Waals surface area contributed by atoms with Gasteiger partial charge >= 0.3 is 12.1 Å². The van der Waals surface area contributed by atoms with Gasteiger partial charge in [0.25, 0.3) is 0 Å². The molecule has 1 aromatic carbocycles. The number of aliphatic carboxylic acids is 1. The van der Waals surface area contributed by atoms with Crippen molar-refractivity contribution in [3.05, 3.63) is 42.5 Å². The Morgan fingerprint density at radius 3 is 2.60 bits per heavy atom. The Labute approximate surface area is 117 Å². The SMILES string of the molecule is C=CCOC(=O)NC(C)c1ccc(OCC(=O)O)cc1. The molecule has 20 heavy (non-hydrogen) atoms. The molecular formula is C14H17NO5. The summed E-state index contributed by atoms with van der Waals surface area (Å²) in [5, 5.41) is 11.2. The van der Waals surface area contributed by atoms with Gasteiger partial charge in [-0.3, -0.25) is 0 Å². The number of alkyl carbamates (subject to hydrolysis) is 1. The number of nitrogens with one attached hydrogen (secondary N) is 1. The molecule has 0 aliphatic carbocycles. The predicted octanol–water partition coefficient (Wildman–Crippen LogP) is 2.12. The average Bonchev–Trinajstić information content (AvgIpc) is 2.43. The molecule has 6 heteroatoms. The maximum Gasteiger partial charge on any atom is 0.407 e. The summed E-state index contributed by atoms with van der Waals surface area (Å²) < 4.78 is 9.83. The molecule has 0 heterocycles. The van der Waals surface area contributed by atoms with Gasteiger partial charge in [0.1, 0.15) is 12.4 Å². The van der Waals surface area contributed by atoms with Crippen molar-refractivity contribution in [2.45, 2.75) is 13.0 Å². The number of hydrogen-bond donors (Lipinski definition) is 2. The van der Waals surface area contributed by atoms with Crippen molar-refractivity contribution in [3.63, 3.8) is 0 Å². The fourth-order valence-electron chi connectivity index (χ4n) is 1.43. The molecule has 0 aliphatic rings. The molecule has 0 bridgehead atoms. The first-order valence-electron chi connectivity index (χ1n) is 6.01. The topological polar surface area (TPSA) is 84.9 Å². The molecular weight excluding hydrogens is 262 g/mol. The van der Waals surface area contributed by atoms with Gasteiger partial charge in [-0.2, -0.15) is 0 Å². The third-order valence-corrected chi connectivity index (χ3v) is 2.41. The molecule has 0 spiro atoms. The van der Waals surface area contributed by atoms with Gasteiger partial charge in [0.15, 0.2) is 6.61 Å². The molecule has 0 radical (unpaired) electrons. The van der Waals surface area contributed by atoms with Crippen LogP contribution in [-0.2, 0) is 9.53 Å². The van der Waals surface area contributed by atoms with Gasteiger partial charge in [-0.05, 0) is 24.6 Å². The molecule has 1 rings (SSSR count). The minimum atomic E-state index is -1.03. The van der Waals surface area contributed by atoms with Crippen molar-refractivity contribution >= 4 is 12.1 Å². The largest absolute Gasteiger partial charge is 0.482 e. The zero-order chi connectivity index (χ0) is 15.0. The van der Waals surface area contributed by atoms with Crippen LogP contribution in [0, 0.1) is 0 Å². The van der Waals surface area contributed by atoms with Crippen LogP contribution in [0.2, 0.25) is 0 Å². The van der Waals surface area contributed by atoms with E-state index in [4.69, 9.17) is 14.6 Å². The summed E-state index contributed by atoms with van der Waals surface area (Å²) in [6.07, 6.45) is 0.961. The van der Waals surface area contributed by atoms with Crippen molar-refractivity contribution in [2.24, 2.45) is 0 Å². The number of carboxylic acid groups (broad SMARTS) is 1. The van der Waals surface area contributed by atoms with Crippen molar-refractivity contribution in [1.82, 2.24) is 5.32 Å². The Morgan fingerprint density at radius 1 is 1.40 bits per heavy atom. The van der Waals surface area contributed by atoms with E-state index < -0.39 is 12.1 Å². The number of hydrogen-bond acceptors (Lipinski definition) is 4. The fraction of sp³-hybridized carbons (Fsp3) is 0.286. The smallest absolute Gasteiger partial charge is 0.407 e. The van der Waals surface area contributed by atoms with E-state index in [1.807, 2.05) is 6.92 Å². The molecule has 0 fully saturated rings. The second-order valence-corrected chi connectivity index (χ2v) is 4.00. The van der Waals surface area contributed by atoms with E-state index in [1.165, 1.54) is 6.08 Å². The summed E-state index contributed by atoms with van der Waals surface area (Å²) in [6.45, 7) is 5.02. The third-order valence-electron chi connectivity index (χ3n) is 2.41. The minimum absolute atomic E-state index is 0.153. The second-order valence-electron chi connectivity index (χ2n) is 4.00. The lowest BCUT2D eigenvalue weighted by atomic mass is 10.1. The van der Waals surface area contributed by atoms with E-state index in [9.17, 15) is 9.59 Å². The monoisotopic (exact) mass is 279 g/mol. The van der Waals surface area contributed by atoms with Gasteiger partial charge in [-0.1, -0.05) is 24.8 Å². The van der Waals surface area contributed by atoms with Crippen LogP contribution in [0.25, 0.3) is 0 Å². The van der Waals surface area contributed by atoms with E-state index in [0.717, 1.165) is 5.56 Å². The standard InChI is InChI=1S/C14H17NO5/c1-3-8-19-14(18)15-10(2)11-4-6-12(7-5-11)20-9-13(16)17/h3-7,10H,1,8-9H2,2H3,(H,15,18)(H,16,17). The first-order valence-corrected chi connectivity index (χ1v) is 6.01. The number of rotatable bonds is 7. The molecule has 1 amide bonds. The van der Waals surface area contributed by atoms with Crippen LogP contribution in [-0.4, -0.2) is 30.4 Å². The van der Waals surface area contributed by atoms with E-state index >= 15 is 0 Å². The lowest BCUT2D eigenvalue weighted by Crippen LogP contribution is -2.27. The molecule has 0 saturated heterocycles. The molecule has 0 aromatic heterocycles. The Bertz CT molecular complexity index is 469. The Morgan fingerprint density at radius 2 is 2.05 bits per heavy atom. The fourth-order valence-corrected chi connectivity index (χ4v) is 1.43. The van der Waals surface area contributed by atoms with Crippen molar-refractivity contribution in [2.75, 3.05) is 13.2 Å². The van der Waals surface area contributed by atoms with Crippen LogP contribution < -0.4 is 10.1 Å². The van der Waals surface area contributed by atoms with E-state index in [-0.39, 0.29) is 19.3 Å². The first-order chi connectivity index (χ1) is 9.52. The summed E-state index contributed by atoms with van der Waals surface area (Å²) in [7, 11) is 0. The Hall–Kier alpha value is -2.50. The predicted molar refractivity (Wildman–Crippen MR) is 72.7 cm³/mol. The van der Waals surface area contributed by atoms with Gasteiger partial charge in [0.05, 0.1) is 6.04 Å². The highest BCUT2D eigenvalue weighted by Gasteiger charge is 2.10. The first kappa shape index (κ1) is 15.6. The zero-order valence-electron chi connectivity index (χ0n) is 11.2. The van der Waals surface area contributed by atoms with Crippen LogP contribution in [0.15, 0.2) is 36.9 Å². The highest BCUT2D eigenvalue weighted by Crippen LogP contribution is 2.17. The number of benzene rings is 1. The second kappa shape index (κ2) is 7.83. The minimum Gasteiger partial charge on any atom is -0.482 e. The lowest BCUT2D eigenvalue weighted by Gasteiger charge is -2.14. The number of amides is 1. The maximum atomic E-state index is 11.4. The quantitative estimate of drug-likeness (QED) is 0.747. The summed E-state index contributed by atoms with van der Waals surface area (Å²) in [5.74, 6) is -0.577. The number of carbonyl (C=O) groups excluding carboxylic acids is 1. The highest BCUT2D eigenvalue weighted by molar-refractivity contribution is 5.68. The normalized spacial score (nSPS) is 11.2. The molecule has 1 aromatic rings. The van der Waals surface area contributed by atoms with Gasteiger partial charge in [-0.25, -0.2) is 9.59 Å². The highest BCUT2D eigenvalue weighted by atomic mass is 16.5. The average molecular weight is 279 g/mol. The van der Waals surface area contributed by atoms with Gasteiger partial charge in [0.2, 0.25) is 0 Å². The molecule has 1 atom stereocenters. The summed E-state index contributed by atoms with van der Waals surface area (Å²) >= 11 is 0. The van der Waals surface area contributed by atoms with Crippen LogP contribution in [0.3, 0.4) is 0 Å². The van der Waals surface area contributed by atoms with Crippen LogP contribution in [0.4, 0.5) is 4.79 Å². The molecule has 2 N–H and O–H groups in total. The molecule has 0 aliphatic heterocycles. The van der Waals surface area contributed by atoms with Gasteiger partial charge in [-0.15, -0.1) is 0 Å². The van der Waals surface area contributed by atoms with Gasteiger partial charge < -0.3 is 19.9 Å². The van der Waals surface area contributed by atoms with Gasteiger partial charge in [0, 0.05) is 0 Å². The lowest BCUT2D eigenvalue weighted by molar-refractivity contribution is -0.139. The van der Waals surface area contributed by atoms with Crippen molar-refractivity contribution < 1.29 is 24.2 Å². The zero-order valence-corrected chi connectivity index (χ0v) is 11.2. The Kier molecular flexibility index (Phi) is 6.09. The van der Waals surface area contributed by atoms with Crippen LogP contribution in [0.1, 0.15) is 18.5 Å². The third kappa shape index (κ3) is 5.43. The van der Waals surface area contributed by atoms with E-state index in [2.05, 4.69) is 11.9 Å². The van der Waals surface area contributed by atoms with Crippen molar-refractivity contribution in [3.8, 4) is 5.75 Å². The number of carboxylic acids is 1. The molecule has 1 unspecified atom stereocenters. The number of ether oxygens (including phenoxy) is 2. The van der Waals surface area contributed by atoms with Crippen LogP contribution in [0.5, 0.6) is 5.75 Å². The summed E-state index contributed by atoms with van der Waals surface area (Å²) in [5.41, 5.74) is 0.850. The van der Waals surface area contributed by atoms with Crippen LogP contribution >= 0.6 is 0 Å². The summed E-state index contributed by atoms with van der Waals surface area (Å²) in [6, 6.07) is 6.54. The van der Waals surface area contributed by atoms with E-state index in [1.54, 1.807) is 24.3 Å². The number of carbonyl (C=O) groups is 2. The van der Waals surface area contributed by atoms with Crippen molar-refractivity contribution in [1.29, 1.82) is 0 Å². The van der Waals surface area contributed by atoms with E-state index in [0.29, 0.717) is 5.75 Å². The Balaban J connectivity index is 2.52.